The average molecular weight is 854 g/mol. The molecule has 2 aromatic heterocycles. The Morgan fingerprint density at radius 2 is 0.910 bits per heavy atom. The number of benzene rings is 10. The van der Waals surface area contributed by atoms with Crippen LogP contribution < -0.4 is 4.90 Å². The molecular formula is C64H43N3. The summed E-state index contributed by atoms with van der Waals surface area (Å²) in [7, 11) is 0. The summed E-state index contributed by atoms with van der Waals surface area (Å²) in [6.45, 7) is 0. The minimum Gasteiger partial charge on any atom is -0.307 e. The Kier molecular flexibility index (Phi) is 9.07. The van der Waals surface area contributed by atoms with Gasteiger partial charge in [-0.15, -0.1) is 0 Å². The van der Waals surface area contributed by atoms with Gasteiger partial charge in [-0.1, -0.05) is 243 Å². The van der Waals surface area contributed by atoms with E-state index in [9.17, 15) is 0 Å². The summed E-state index contributed by atoms with van der Waals surface area (Å²) < 4.78 is 2.25. The SMILES string of the molecule is c1ccc(-c2nn3c(-c4ccccc4)c(N(c4ccc5c(c4)C(c4ccccc4)(c4ccccc4)c4ccccc4-5)c4cccc5ccccc45)c4ccccc4c3c2-c2ccccc2)cc1. The summed E-state index contributed by atoms with van der Waals surface area (Å²) in [6.07, 6.45) is 0. The molecule has 0 saturated carbocycles. The van der Waals surface area contributed by atoms with Gasteiger partial charge in [-0.25, -0.2) is 4.52 Å². The highest BCUT2D eigenvalue weighted by Gasteiger charge is 2.46. The molecule has 0 N–H and O–H groups in total. The van der Waals surface area contributed by atoms with Gasteiger partial charge < -0.3 is 4.90 Å². The van der Waals surface area contributed by atoms with Crippen LogP contribution in [0.25, 0.3) is 71.8 Å². The van der Waals surface area contributed by atoms with E-state index < -0.39 is 5.41 Å². The standard InChI is InChI=1S/C64H43N3/c1-6-24-45(25-7-1)59-60(46-26-8-2-9-27-46)65-67-61(47-28-10-3-11-29-47)63(55-38-19-18-37-54(55)62(59)67)66(58-40-22-30-44-23-16-17-35-51(44)58)50-41-42-53-52-36-20-21-39-56(52)64(57(53)43-50,48-31-12-4-13-32-48)49-33-14-5-15-34-49/h1-43H. The topological polar surface area (TPSA) is 20.5 Å². The van der Waals surface area contributed by atoms with E-state index >= 15 is 0 Å². The minimum atomic E-state index is -0.583. The molecule has 0 atom stereocenters. The van der Waals surface area contributed by atoms with Crippen molar-refractivity contribution in [3.8, 4) is 44.8 Å². The molecule has 0 aliphatic heterocycles. The maximum atomic E-state index is 5.76. The first kappa shape index (κ1) is 38.6. The zero-order chi connectivity index (χ0) is 44.3. The van der Waals surface area contributed by atoms with Crippen LogP contribution in [0.15, 0.2) is 261 Å². The molecule has 314 valence electrons. The third-order valence-electron chi connectivity index (χ3n) is 13.8. The molecule has 1 aliphatic carbocycles. The van der Waals surface area contributed by atoms with Gasteiger partial charge in [-0.2, -0.15) is 5.10 Å². The van der Waals surface area contributed by atoms with E-state index in [1.807, 2.05) is 0 Å². The summed E-state index contributed by atoms with van der Waals surface area (Å²) in [5.41, 5.74) is 17.5. The quantitative estimate of drug-likeness (QED) is 0.152. The van der Waals surface area contributed by atoms with Crippen LogP contribution in [-0.2, 0) is 5.41 Å². The molecule has 0 saturated heterocycles. The Morgan fingerprint density at radius 3 is 1.60 bits per heavy atom. The van der Waals surface area contributed by atoms with Crippen molar-refractivity contribution in [1.82, 2.24) is 9.61 Å². The lowest BCUT2D eigenvalue weighted by molar-refractivity contribution is 0.768. The summed E-state index contributed by atoms with van der Waals surface area (Å²) >= 11 is 0. The first-order chi connectivity index (χ1) is 33.3. The summed E-state index contributed by atoms with van der Waals surface area (Å²) in [6, 6.07) is 95.0. The number of anilines is 3. The zero-order valence-corrected chi connectivity index (χ0v) is 36.7. The predicted molar refractivity (Wildman–Crippen MR) is 278 cm³/mol. The van der Waals surface area contributed by atoms with E-state index in [-0.39, 0.29) is 0 Å². The molecule has 3 nitrogen and oxygen atoms in total. The van der Waals surface area contributed by atoms with Gasteiger partial charge in [0.2, 0.25) is 0 Å². The number of pyridine rings is 1. The van der Waals surface area contributed by atoms with Crippen LogP contribution in [0.4, 0.5) is 17.1 Å². The van der Waals surface area contributed by atoms with Crippen molar-refractivity contribution >= 4 is 44.1 Å². The summed E-state index contributed by atoms with van der Waals surface area (Å²) in [5.74, 6) is 0. The van der Waals surface area contributed by atoms with Gasteiger partial charge in [-0.3, -0.25) is 0 Å². The number of fused-ring (bicyclic) bond motifs is 7. The molecule has 0 fully saturated rings. The zero-order valence-electron chi connectivity index (χ0n) is 36.7. The van der Waals surface area contributed by atoms with Crippen molar-refractivity contribution in [3.63, 3.8) is 0 Å². The number of hydrogen-bond donors (Lipinski definition) is 0. The molecule has 13 rings (SSSR count). The number of rotatable bonds is 8. The maximum Gasteiger partial charge on any atom is 0.101 e. The minimum absolute atomic E-state index is 0.583. The van der Waals surface area contributed by atoms with Crippen LogP contribution in [0.3, 0.4) is 0 Å². The Balaban J connectivity index is 1.21. The highest BCUT2D eigenvalue weighted by Crippen LogP contribution is 2.58. The molecule has 12 aromatic rings. The van der Waals surface area contributed by atoms with Crippen LogP contribution in [0.5, 0.6) is 0 Å². The molecule has 2 heterocycles. The first-order valence-corrected chi connectivity index (χ1v) is 23.1. The molecule has 0 spiro atoms. The van der Waals surface area contributed by atoms with Crippen molar-refractivity contribution in [1.29, 1.82) is 0 Å². The van der Waals surface area contributed by atoms with E-state index in [4.69, 9.17) is 5.10 Å². The van der Waals surface area contributed by atoms with Crippen molar-refractivity contribution in [2.24, 2.45) is 0 Å². The van der Waals surface area contributed by atoms with Gasteiger partial charge in [-0.05, 0) is 62.5 Å². The second kappa shape index (κ2) is 15.7. The van der Waals surface area contributed by atoms with Crippen LogP contribution in [-0.4, -0.2) is 9.61 Å². The van der Waals surface area contributed by atoms with Crippen LogP contribution in [0.1, 0.15) is 22.3 Å². The average Bonchev–Trinajstić information content (AvgIpc) is 3.95. The van der Waals surface area contributed by atoms with E-state index in [1.54, 1.807) is 0 Å². The molecule has 1 aliphatic rings. The van der Waals surface area contributed by atoms with Crippen LogP contribution in [0.2, 0.25) is 0 Å². The molecular weight excluding hydrogens is 811 g/mol. The lowest BCUT2D eigenvalue weighted by atomic mass is 9.67. The van der Waals surface area contributed by atoms with Crippen molar-refractivity contribution in [3.05, 3.63) is 283 Å². The van der Waals surface area contributed by atoms with E-state index in [1.165, 1.54) is 38.8 Å². The molecule has 3 heteroatoms. The largest absolute Gasteiger partial charge is 0.307 e. The van der Waals surface area contributed by atoms with E-state index in [2.05, 4.69) is 270 Å². The van der Waals surface area contributed by atoms with Crippen LogP contribution in [0, 0.1) is 0 Å². The van der Waals surface area contributed by atoms with E-state index in [0.29, 0.717) is 0 Å². The monoisotopic (exact) mass is 853 g/mol. The molecule has 0 bridgehead atoms. The van der Waals surface area contributed by atoms with Gasteiger partial charge in [0, 0.05) is 38.5 Å². The molecule has 0 unspecified atom stereocenters. The molecule has 67 heavy (non-hydrogen) atoms. The lowest BCUT2D eigenvalue weighted by Gasteiger charge is -2.35. The van der Waals surface area contributed by atoms with Gasteiger partial charge in [0.15, 0.2) is 0 Å². The lowest BCUT2D eigenvalue weighted by Crippen LogP contribution is -2.28. The van der Waals surface area contributed by atoms with Crippen molar-refractivity contribution in [2.45, 2.75) is 5.41 Å². The normalized spacial score (nSPS) is 12.6. The van der Waals surface area contributed by atoms with Gasteiger partial charge >= 0.3 is 0 Å². The fraction of sp³-hybridized carbons (Fsp3) is 0.0156. The Labute approximate surface area is 390 Å². The fourth-order valence-electron chi connectivity index (χ4n) is 11.1. The van der Waals surface area contributed by atoms with Crippen LogP contribution >= 0.6 is 0 Å². The molecule has 10 aromatic carbocycles. The summed E-state index contributed by atoms with van der Waals surface area (Å²) in [4.78, 5) is 2.53. The van der Waals surface area contributed by atoms with E-state index in [0.717, 1.165) is 72.4 Å². The Hall–Kier alpha value is -8.79. The Bertz CT molecular complexity index is 3740. The number of nitrogens with zero attached hydrogens (tertiary/aromatic N) is 3. The van der Waals surface area contributed by atoms with Crippen molar-refractivity contribution < 1.29 is 0 Å². The second-order valence-corrected chi connectivity index (χ2v) is 17.4. The number of hydrogen-bond acceptors (Lipinski definition) is 2. The van der Waals surface area contributed by atoms with Gasteiger partial charge in [0.1, 0.15) is 5.69 Å². The second-order valence-electron chi connectivity index (χ2n) is 17.4. The molecule has 0 amide bonds. The maximum absolute atomic E-state index is 5.76. The Morgan fingerprint density at radius 1 is 0.388 bits per heavy atom. The highest BCUT2D eigenvalue weighted by molar-refractivity contribution is 6.17. The van der Waals surface area contributed by atoms with Crippen molar-refractivity contribution in [2.75, 3.05) is 4.90 Å². The first-order valence-electron chi connectivity index (χ1n) is 23.1. The summed E-state index contributed by atoms with van der Waals surface area (Å²) in [5, 5.41) is 10.3. The number of aromatic nitrogens is 2. The predicted octanol–water partition coefficient (Wildman–Crippen LogP) is 16.5. The molecule has 0 radical (unpaired) electrons. The van der Waals surface area contributed by atoms with Gasteiger partial charge in [0.05, 0.1) is 28.0 Å². The third-order valence-corrected chi connectivity index (χ3v) is 13.8. The fourth-order valence-corrected chi connectivity index (χ4v) is 11.1. The highest BCUT2D eigenvalue weighted by atomic mass is 15.3. The smallest absolute Gasteiger partial charge is 0.101 e. The third kappa shape index (κ3) is 5.95. The van der Waals surface area contributed by atoms with Gasteiger partial charge in [0.25, 0.3) is 0 Å².